The molecule has 26 heavy (non-hydrogen) atoms. The van der Waals surface area contributed by atoms with E-state index in [1.165, 1.54) is 18.2 Å². The van der Waals surface area contributed by atoms with Gasteiger partial charge in [0, 0.05) is 21.2 Å². The second kappa shape index (κ2) is 7.63. The van der Waals surface area contributed by atoms with Crippen LogP contribution in [0.25, 0.3) is 0 Å². The highest BCUT2D eigenvalue weighted by atomic mass is 35.5. The zero-order valence-electron chi connectivity index (χ0n) is 12.9. The highest BCUT2D eigenvalue weighted by molar-refractivity contribution is 7.18. The molecule has 3 N–H and O–H groups in total. The van der Waals surface area contributed by atoms with Gasteiger partial charge in [-0.2, -0.15) is 0 Å². The topological polar surface area (TPSA) is 85.1 Å². The number of amides is 1. The van der Waals surface area contributed by atoms with Crippen LogP contribution in [0.5, 0.6) is 0 Å². The van der Waals surface area contributed by atoms with Gasteiger partial charge in [0.2, 0.25) is 5.78 Å². The summed E-state index contributed by atoms with van der Waals surface area (Å²) < 4.78 is 0. The third-order valence-corrected chi connectivity index (χ3v) is 5.11. The molecule has 1 amide bonds. The number of nitrogens with one attached hydrogen (secondary N) is 1. The van der Waals surface area contributed by atoms with Gasteiger partial charge in [-0.1, -0.05) is 52.2 Å². The Labute approximate surface area is 167 Å². The van der Waals surface area contributed by atoms with Crippen molar-refractivity contribution in [3.05, 3.63) is 73.5 Å². The van der Waals surface area contributed by atoms with Crippen LogP contribution in [0.3, 0.4) is 0 Å². The number of anilines is 2. The second-order valence-corrected chi connectivity index (χ2v) is 7.43. The fraction of sp³-hybridized carbons (Fsp3) is 0. The lowest BCUT2D eigenvalue weighted by Crippen LogP contribution is -2.11. The van der Waals surface area contributed by atoms with Crippen LogP contribution in [-0.4, -0.2) is 16.7 Å². The van der Waals surface area contributed by atoms with Gasteiger partial charge < -0.3 is 5.73 Å². The van der Waals surface area contributed by atoms with Crippen LogP contribution in [-0.2, 0) is 0 Å². The van der Waals surface area contributed by atoms with Crippen LogP contribution in [0.15, 0.2) is 42.5 Å². The minimum absolute atomic E-state index is 0.00686. The number of hydrogen-bond donors (Lipinski definition) is 2. The Balaban J connectivity index is 1.85. The van der Waals surface area contributed by atoms with Crippen molar-refractivity contribution in [3.63, 3.8) is 0 Å². The molecular formula is C17H10Cl3N3O2S. The van der Waals surface area contributed by atoms with Crippen LogP contribution in [0.1, 0.15) is 25.6 Å². The predicted octanol–water partition coefficient (Wildman–Crippen LogP) is 5.17. The number of nitrogens with two attached hydrogens (primary N) is 1. The zero-order chi connectivity index (χ0) is 18.8. The van der Waals surface area contributed by atoms with Crippen molar-refractivity contribution in [3.8, 4) is 0 Å². The van der Waals surface area contributed by atoms with Crippen LogP contribution in [0.4, 0.5) is 10.9 Å². The number of benzene rings is 2. The van der Waals surface area contributed by atoms with E-state index in [0.29, 0.717) is 15.6 Å². The Morgan fingerprint density at radius 3 is 2.46 bits per heavy atom. The third kappa shape index (κ3) is 3.99. The molecule has 132 valence electrons. The van der Waals surface area contributed by atoms with E-state index in [9.17, 15) is 9.59 Å². The lowest BCUT2D eigenvalue weighted by molar-refractivity contribution is 0.102. The van der Waals surface area contributed by atoms with Crippen molar-refractivity contribution in [1.29, 1.82) is 0 Å². The highest BCUT2D eigenvalue weighted by Gasteiger charge is 2.21. The van der Waals surface area contributed by atoms with Crippen molar-refractivity contribution in [2.75, 3.05) is 11.1 Å². The quantitative estimate of drug-likeness (QED) is 0.564. The minimum atomic E-state index is -0.412. The summed E-state index contributed by atoms with van der Waals surface area (Å²) in [4.78, 5) is 29.1. The molecule has 0 aliphatic carbocycles. The molecule has 0 aliphatic heterocycles. The first kappa shape index (κ1) is 18.7. The molecular weight excluding hydrogens is 417 g/mol. The molecule has 1 aromatic heterocycles. The summed E-state index contributed by atoms with van der Waals surface area (Å²) in [7, 11) is 0. The maximum atomic E-state index is 12.6. The van der Waals surface area contributed by atoms with E-state index in [1.54, 1.807) is 24.3 Å². The number of carbonyl (C=O) groups is 2. The molecule has 3 rings (SSSR count). The molecule has 3 aromatic rings. The van der Waals surface area contributed by atoms with E-state index < -0.39 is 11.7 Å². The fourth-order valence-electron chi connectivity index (χ4n) is 2.14. The standard InChI is InChI=1S/C17H10Cl3N3O2S/c18-9-3-1-2-8(6-9)16(25)23-17-22-15(21)14(26-17)13(24)11-5-4-10(19)7-12(11)20/h1-7H,21H2,(H,22,23,25). The Bertz CT molecular complexity index is 1020. The normalized spacial score (nSPS) is 10.6. The molecule has 0 aliphatic rings. The Hall–Kier alpha value is -2.12. The van der Waals surface area contributed by atoms with Crippen molar-refractivity contribution >= 4 is 68.8 Å². The van der Waals surface area contributed by atoms with E-state index >= 15 is 0 Å². The number of nitrogens with zero attached hydrogens (tertiary/aromatic N) is 1. The van der Waals surface area contributed by atoms with Gasteiger partial charge in [-0.25, -0.2) is 4.98 Å². The van der Waals surface area contributed by atoms with Crippen molar-refractivity contribution in [1.82, 2.24) is 4.98 Å². The maximum Gasteiger partial charge on any atom is 0.257 e. The first-order chi connectivity index (χ1) is 12.3. The maximum absolute atomic E-state index is 12.6. The van der Waals surface area contributed by atoms with Gasteiger partial charge in [0.1, 0.15) is 10.7 Å². The minimum Gasteiger partial charge on any atom is -0.382 e. The number of aromatic nitrogens is 1. The number of halogens is 3. The Morgan fingerprint density at radius 1 is 1.04 bits per heavy atom. The van der Waals surface area contributed by atoms with Gasteiger partial charge in [0.25, 0.3) is 5.91 Å². The van der Waals surface area contributed by atoms with Gasteiger partial charge >= 0.3 is 0 Å². The van der Waals surface area contributed by atoms with Gasteiger partial charge in [0.05, 0.1) is 5.02 Å². The zero-order valence-corrected chi connectivity index (χ0v) is 16.0. The summed E-state index contributed by atoms with van der Waals surface area (Å²) in [5.74, 6) is -0.804. The molecule has 0 saturated carbocycles. The summed E-state index contributed by atoms with van der Waals surface area (Å²) in [5, 5.41) is 3.85. The van der Waals surface area contributed by atoms with Crippen LogP contribution >= 0.6 is 46.1 Å². The number of ketones is 1. The average molecular weight is 427 g/mol. The molecule has 0 spiro atoms. The smallest absolute Gasteiger partial charge is 0.257 e. The van der Waals surface area contributed by atoms with Crippen molar-refractivity contribution in [2.45, 2.75) is 0 Å². The SMILES string of the molecule is Nc1nc(NC(=O)c2cccc(Cl)c2)sc1C(=O)c1ccc(Cl)cc1Cl. The molecule has 0 bridgehead atoms. The predicted molar refractivity (Wildman–Crippen MR) is 106 cm³/mol. The summed E-state index contributed by atoms with van der Waals surface area (Å²) >= 11 is 18.7. The van der Waals surface area contributed by atoms with E-state index in [-0.39, 0.29) is 26.4 Å². The average Bonchev–Trinajstić information content (AvgIpc) is 2.94. The molecule has 0 atom stereocenters. The Kier molecular flexibility index (Phi) is 5.48. The molecule has 2 aromatic carbocycles. The number of rotatable bonds is 4. The van der Waals surface area contributed by atoms with Crippen LogP contribution in [0.2, 0.25) is 15.1 Å². The monoisotopic (exact) mass is 425 g/mol. The van der Waals surface area contributed by atoms with E-state index in [0.717, 1.165) is 11.3 Å². The van der Waals surface area contributed by atoms with Crippen LogP contribution < -0.4 is 11.1 Å². The molecule has 5 nitrogen and oxygen atoms in total. The van der Waals surface area contributed by atoms with Crippen molar-refractivity contribution < 1.29 is 9.59 Å². The van der Waals surface area contributed by atoms with Gasteiger partial charge in [-0.15, -0.1) is 0 Å². The van der Waals surface area contributed by atoms with E-state index in [1.807, 2.05) is 0 Å². The van der Waals surface area contributed by atoms with Gasteiger partial charge in [-0.05, 0) is 36.4 Å². The lowest BCUT2D eigenvalue weighted by Gasteiger charge is -2.02. The lowest BCUT2D eigenvalue weighted by atomic mass is 10.1. The number of thiazole rings is 1. The first-order valence-corrected chi connectivity index (χ1v) is 9.13. The first-order valence-electron chi connectivity index (χ1n) is 7.18. The van der Waals surface area contributed by atoms with Gasteiger partial charge in [-0.3, -0.25) is 14.9 Å². The van der Waals surface area contributed by atoms with E-state index in [2.05, 4.69) is 10.3 Å². The highest BCUT2D eigenvalue weighted by Crippen LogP contribution is 2.31. The molecule has 0 saturated heterocycles. The number of hydrogen-bond acceptors (Lipinski definition) is 5. The molecule has 9 heteroatoms. The number of nitrogen functional groups attached to an aromatic ring is 1. The molecule has 0 fully saturated rings. The second-order valence-electron chi connectivity index (χ2n) is 5.15. The van der Waals surface area contributed by atoms with Gasteiger partial charge in [0.15, 0.2) is 5.13 Å². The van der Waals surface area contributed by atoms with Crippen molar-refractivity contribution in [2.24, 2.45) is 0 Å². The molecule has 1 heterocycles. The summed E-state index contributed by atoms with van der Waals surface area (Å²) in [6.45, 7) is 0. The summed E-state index contributed by atoms with van der Waals surface area (Å²) in [6, 6.07) is 11.0. The summed E-state index contributed by atoms with van der Waals surface area (Å²) in [6.07, 6.45) is 0. The fourth-order valence-corrected chi connectivity index (χ4v) is 3.66. The van der Waals surface area contributed by atoms with Crippen LogP contribution in [0, 0.1) is 0 Å². The number of carbonyl (C=O) groups excluding carboxylic acids is 2. The van der Waals surface area contributed by atoms with E-state index in [4.69, 9.17) is 40.5 Å². The molecule has 0 radical (unpaired) electrons. The largest absolute Gasteiger partial charge is 0.382 e. The third-order valence-electron chi connectivity index (χ3n) is 3.34. The molecule has 0 unspecified atom stereocenters. The Morgan fingerprint density at radius 2 is 1.77 bits per heavy atom. The summed E-state index contributed by atoms with van der Waals surface area (Å²) in [5.41, 5.74) is 6.45.